The van der Waals surface area contributed by atoms with Gasteiger partial charge in [-0.2, -0.15) is 0 Å². The van der Waals surface area contributed by atoms with E-state index in [1.165, 1.54) is 12.3 Å². The zero-order chi connectivity index (χ0) is 19.6. The number of carbonyl (C=O) groups excluding carboxylic acids is 2. The third-order valence-corrected chi connectivity index (χ3v) is 4.39. The Balaban J connectivity index is 1.96. The van der Waals surface area contributed by atoms with Crippen LogP contribution in [-0.2, 0) is 19.1 Å². The maximum absolute atomic E-state index is 11.5. The molecule has 2 aromatic rings. The van der Waals surface area contributed by atoms with Gasteiger partial charge >= 0.3 is 11.9 Å². The summed E-state index contributed by atoms with van der Waals surface area (Å²) in [5, 5.41) is 2.31. The minimum atomic E-state index is -0.288. The second-order valence-corrected chi connectivity index (χ2v) is 6.69. The normalized spacial score (nSPS) is 12.6. The first kappa shape index (κ1) is 20.7. The van der Waals surface area contributed by atoms with Crippen molar-refractivity contribution in [3.8, 4) is 0 Å². The Bertz CT molecular complexity index is 807. The molecule has 0 aliphatic heterocycles. The number of fused-ring (bicyclic) bond motifs is 1. The van der Waals surface area contributed by atoms with Gasteiger partial charge < -0.3 is 9.47 Å². The van der Waals surface area contributed by atoms with E-state index in [9.17, 15) is 9.59 Å². The van der Waals surface area contributed by atoms with Crippen molar-refractivity contribution >= 4 is 22.7 Å². The first-order valence-electron chi connectivity index (χ1n) is 9.49. The van der Waals surface area contributed by atoms with E-state index in [0.29, 0.717) is 6.61 Å². The summed E-state index contributed by atoms with van der Waals surface area (Å²) in [6, 6.07) is 14.3. The van der Waals surface area contributed by atoms with E-state index in [2.05, 4.69) is 24.3 Å². The van der Waals surface area contributed by atoms with Crippen molar-refractivity contribution in [1.29, 1.82) is 0 Å². The van der Waals surface area contributed by atoms with Crippen molar-refractivity contribution in [1.82, 2.24) is 0 Å². The third kappa shape index (κ3) is 6.89. The number of hydrogen-bond donors (Lipinski definition) is 0. The molecule has 144 valence electrons. The first-order valence-corrected chi connectivity index (χ1v) is 9.49. The summed E-state index contributed by atoms with van der Waals surface area (Å²) in [4.78, 5) is 23.0. The molecule has 1 unspecified atom stereocenters. The zero-order valence-electron chi connectivity index (χ0n) is 16.4. The van der Waals surface area contributed by atoms with Gasteiger partial charge in [0.15, 0.2) is 0 Å². The molecule has 1 atom stereocenters. The van der Waals surface area contributed by atoms with Crippen molar-refractivity contribution in [2.45, 2.75) is 52.6 Å². The Morgan fingerprint density at radius 2 is 1.78 bits per heavy atom. The summed E-state index contributed by atoms with van der Waals surface area (Å²) < 4.78 is 10.5. The van der Waals surface area contributed by atoms with Gasteiger partial charge in [-0.05, 0) is 61.9 Å². The fourth-order valence-corrected chi connectivity index (χ4v) is 3.09. The van der Waals surface area contributed by atoms with E-state index in [0.717, 1.165) is 42.2 Å². The lowest BCUT2D eigenvalue weighted by Crippen LogP contribution is -2.08. The number of benzene rings is 2. The van der Waals surface area contributed by atoms with Crippen molar-refractivity contribution < 1.29 is 19.1 Å². The molecule has 0 heterocycles. The molecular weight excluding hydrogens is 340 g/mol. The van der Waals surface area contributed by atoms with Crippen molar-refractivity contribution in [2.75, 3.05) is 6.61 Å². The predicted molar refractivity (Wildman–Crippen MR) is 107 cm³/mol. The van der Waals surface area contributed by atoms with Crippen LogP contribution in [0.15, 0.2) is 54.1 Å². The van der Waals surface area contributed by atoms with Gasteiger partial charge in [-0.15, -0.1) is 0 Å². The molecule has 0 saturated heterocycles. The molecule has 4 heteroatoms. The van der Waals surface area contributed by atoms with Gasteiger partial charge in [0.2, 0.25) is 0 Å². The molecule has 0 saturated carbocycles. The van der Waals surface area contributed by atoms with Crippen LogP contribution >= 0.6 is 0 Å². The number of rotatable bonds is 9. The van der Waals surface area contributed by atoms with Crippen LogP contribution in [0.25, 0.3) is 10.8 Å². The topological polar surface area (TPSA) is 52.6 Å². The maximum atomic E-state index is 11.5. The third-order valence-electron chi connectivity index (χ3n) is 4.39. The molecule has 27 heavy (non-hydrogen) atoms. The van der Waals surface area contributed by atoms with Crippen LogP contribution in [0.3, 0.4) is 0 Å². The van der Waals surface area contributed by atoms with E-state index in [1.54, 1.807) is 13.0 Å². The van der Waals surface area contributed by atoms with E-state index in [1.807, 2.05) is 25.1 Å². The number of carbonyl (C=O) groups is 2. The lowest BCUT2D eigenvalue weighted by Gasteiger charge is -2.18. The molecule has 0 fully saturated rings. The summed E-state index contributed by atoms with van der Waals surface area (Å²) in [7, 11) is 0. The summed E-state index contributed by atoms with van der Waals surface area (Å²) in [5.41, 5.74) is 2.02. The average Bonchev–Trinajstić information content (AvgIpc) is 2.63. The largest absolute Gasteiger partial charge is 0.463 e. The van der Waals surface area contributed by atoms with Crippen LogP contribution < -0.4 is 0 Å². The van der Waals surface area contributed by atoms with Crippen LogP contribution in [-0.4, -0.2) is 18.5 Å². The lowest BCUT2D eigenvalue weighted by atomic mass is 9.98. The molecule has 4 nitrogen and oxygen atoms in total. The van der Waals surface area contributed by atoms with Gasteiger partial charge in [0.25, 0.3) is 0 Å². The van der Waals surface area contributed by atoms with Crippen molar-refractivity contribution in [3.63, 3.8) is 0 Å². The molecule has 0 N–H and O–H groups in total. The first-order chi connectivity index (χ1) is 13.0. The van der Waals surface area contributed by atoms with Gasteiger partial charge in [-0.3, -0.25) is 4.79 Å². The second kappa shape index (κ2) is 10.5. The van der Waals surface area contributed by atoms with Crippen molar-refractivity contribution in [2.24, 2.45) is 0 Å². The molecule has 2 rings (SSSR count). The molecule has 0 bridgehead atoms. The highest BCUT2D eigenvalue weighted by Crippen LogP contribution is 2.27. The number of hydrogen-bond acceptors (Lipinski definition) is 4. The maximum Gasteiger partial charge on any atom is 0.330 e. The molecule has 2 aromatic carbocycles. The SMILES string of the molecule is CCOC(=O)C=C(C)CCCCC(OC(C)=O)c1ccc2ccccc2c1. The van der Waals surface area contributed by atoms with Crippen LogP contribution in [0.4, 0.5) is 0 Å². The van der Waals surface area contributed by atoms with Crippen molar-refractivity contribution in [3.05, 3.63) is 59.7 Å². The Hall–Kier alpha value is -2.62. The van der Waals surface area contributed by atoms with Crippen LogP contribution in [0.5, 0.6) is 0 Å². The zero-order valence-corrected chi connectivity index (χ0v) is 16.4. The Morgan fingerprint density at radius 1 is 1.04 bits per heavy atom. The molecule has 0 aliphatic carbocycles. The fourth-order valence-electron chi connectivity index (χ4n) is 3.09. The van der Waals surface area contributed by atoms with Gasteiger partial charge in [0.05, 0.1) is 6.61 Å². The van der Waals surface area contributed by atoms with Crippen LogP contribution in [0, 0.1) is 0 Å². The van der Waals surface area contributed by atoms with Crippen LogP contribution in [0.2, 0.25) is 0 Å². The predicted octanol–water partition coefficient (Wildman–Crippen LogP) is 5.51. The average molecular weight is 368 g/mol. The number of allylic oxidation sites excluding steroid dienone is 1. The number of ether oxygens (including phenoxy) is 2. The lowest BCUT2D eigenvalue weighted by molar-refractivity contribution is -0.147. The summed E-state index contributed by atoms with van der Waals surface area (Å²) in [6.45, 7) is 5.56. The van der Waals surface area contributed by atoms with E-state index in [4.69, 9.17) is 9.47 Å². The summed E-state index contributed by atoms with van der Waals surface area (Å²) in [5.74, 6) is -0.560. The van der Waals surface area contributed by atoms with Gasteiger partial charge in [0, 0.05) is 13.0 Å². The number of esters is 2. The van der Waals surface area contributed by atoms with E-state index >= 15 is 0 Å². The smallest absolute Gasteiger partial charge is 0.330 e. The highest BCUT2D eigenvalue weighted by Gasteiger charge is 2.15. The minimum absolute atomic E-state index is 0.249. The van der Waals surface area contributed by atoms with Gasteiger partial charge in [-0.1, -0.05) is 42.0 Å². The Kier molecular flexibility index (Phi) is 8.05. The fraction of sp³-hybridized carbons (Fsp3) is 0.391. The quantitative estimate of drug-likeness (QED) is 0.332. The highest BCUT2D eigenvalue weighted by molar-refractivity contribution is 5.83. The van der Waals surface area contributed by atoms with Gasteiger partial charge in [-0.25, -0.2) is 4.79 Å². The molecule has 0 amide bonds. The van der Waals surface area contributed by atoms with E-state index in [-0.39, 0.29) is 18.0 Å². The minimum Gasteiger partial charge on any atom is -0.463 e. The molecule has 0 aliphatic rings. The molecule has 0 radical (unpaired) electrons. The molecule has 0 aromatic heterocycles. The van der Waals surface area contributed by atoms with Crippen LogP contribution in [0.1, 0.15) is 58.1 Å². The Labute approximate surface area is 161 Å². The Morgan fingerprint density at radius 3 is 2.48 bits per heavy atom. The highest BCUT2D eigenvalue weighted by atomic mass is 16.5. The molecule has 0 spiro atoms. The second-order valence-electron chi connectivity index (χ2n) is 6.69. The monoisotopic (exact) mass is 368 g/mol. The summed E-state index contributed by atoms with van der Waals surface area (Å²) >= 11 is 0. The van der Waals surface area contributed by atoms with E-state index < -0.39 is 0 Å². The van der Waals surface area contributed by atoms with Gasteiger partial charge in [0.1, 0.15) is 6.10 Å². The number of unbranched alkanes of at least 4 members (excludes halogenated alkanes) is 1. The summed E-state index contributed by atoms with van der Waals surface area (Å²) in [6.07, 6.45) is 4.71. The molecular formula is C23H28O4. The standard InChI is InChI=1S/C23H28O4/c1-4-26-23(25)15-17(2)9-5-8-12-22(27-18(3)24)21-14-13-19-10-6-7-11-20(19)16-21/h6-7,10-11,13-16,22H,4-5,8-9,12H2,1-3H3.